The molecule has 0 heterocycles. The molecule has 92 valence electrons. The first-order chi connectivity index (χ1) is 8.22. The van der Waals surface area contributed by atoms with Gasteiger partial charge >= 0.3 is 0 Å². The van der Waals surface area contributed by atoms with Crippen molar-refractivity contribution in [2.24, 2.45) is 0 Å². The van der Waals surface area contributed by atoms with Crippen LogP contribution in [0.3, 0.4) is 0 Å². The number of alkyl halides is 1. The molecule has 17 heavy (non-hydrogen) atoms. The fraction of sp³-hybridized carbons (Fsp3) is 0.500. The Bertz CT molecular complexity index is 391. The van der Waals surface area contributed by atoms with E-state index < -0.39 is 5.41 Å². The maximum atomic E-state index is 9.51. The van der Waals surface area contributed by atoms with Gasteiger partial charge in [-0.15, -0.1) is 11.6 Å². The monoisotopic (exact) mass is 251 g/mol. The van der Waals surface area contributed by atoms with Crippen LogP contribution >= 0.6 is 11.6 Å². The summed E-state index contributed by atoms with van der Waals surface area (Å²) in [6, 6.07) is 10.2. The van der Waals surface area contributed by atoms with E-state index in [9.17, 15) is 5.26 Å². The molecule has 0 aromatic heterocycles. The summed E-state index contributed by atoms with van der Waals surface area (Å²) in [4.78, 5) is 0. The van der Waals surface area contributed by atoms with Crippen LogP contribution in [0.2, 0.25) is 0 Å². The minimum Gasteiger partial charge on any atom is -0.497 e. The van der Waals surface area contributed by atoms with Crippen molar-refractivity contribution in [3.8, 4) is 11.8 Å². The lowest BCUT2D eigenvalue weighted by Gasteiger charge is -2.26. The number of hydrogen-bond donors (Lipinski definition) is 0. The first-order valence-electron chi connectivity index (χ1n) is 5.84. The van der Waals surface area contributed by atoms with Gasteiger partial charge in [-0.3, -0.25) is 0 Å². The van der Waals surface area contributed by atoms with Crippen molar-refractivity contribution in [2.45, 2.75) is 31.6 Å². The van der Waals surface area contributed by atoms with Gasteiger partial charge in [-0.2, -0.15) is 5.26 Å². The molecule has 3 heteroatoms. The molecular formula is C14H18ClNO. The maximum absolute atomic E-state index is 9.51. The normalized spacial score (nSPS) is 13.8. The molecule has 1 aromatic rings. The zero-order valence-corrected chi connectivity index (χ0v) is 11.1. The fourth-order valence-corrected chi connectivity index (χ4v) is 2.42. The number of ether oxygens (including phenoxy) is 1. The Labute approximate surface area is 108 Å². The van der Waals surface area contributed by atoms with E-state index in [0.29, 0.717) is 12.3 Å². The minimum atomic E-state index is -0.481. The van der Waals surface area contributed by atoms with E-state index in [1.807, 2.05) is 24.3 Å². The summed E-state index contributed by atoms with van der Waals surface area (Å²) in [5, 5.41) is 9.51. The van der Waals surface area contributed by atoms with Crippen molar-refractivity contribution in [3.05, 3.63) is 29.8 Å². The zero-order valence-electron chi connectivity index (χ0n) is 10.4. The van der Waals surface area contributed by atoms with Gasteiger partial charge in [-0.25, -0.2) is 0 Å². The van der Waals surface area contributed by atoms with E-state index in [4.69, 9.17) is 16.3 Å². The Balaban J connectivity index is 3.15. The minimum absolute atomic E-state index is 0.481. The van der Waals surface area contributed by atoms with Crippen LogP contribution in [0.4, 0.5) is 0 Å². The quantitative estimate of drug-likeness (QED) is 0.719. The first kappa shape index (κ1) is 13.9. The van der Waals surface area contributed by atoms with Crippen molar-refractivity contribution in [1.29, 1.82) is 5.26 Å². The molecule has 0 bridgehead atoms. The molecule has 0 spiro atoms. The molecule has 0 saturated heterocycles. The third-order valence-electron chi connectivity index (χ3n) is 3.03. The SMILES string of the molecule is CCC[C@@](C#N)(CCCl)c1cccc(OC)c1. The number of hydrogen-bond acceptors (Lipinski definition) is 2. The second kappa shape index (κ2) is 6.51. The number of rotatable bonds is 6. The lowest BCUT2D eigenvalue weighted by atomic mass is 9.76. The summed E-state index contributed by atoms with van der Waals surface area (Å²) >= 11 is 5.84. The van der Waals surface area contributed by atoms with Crippen LogP contribution in [0, 0.1) is 11.3 Å². The highest BCUT2D eigenvalue weighted by Crippen LogP contribution is 2.34. The summed E-state index contributed by atoms with van der Waals surface area (Å²) in [5.41, 5.74) is 0.521. The van der Waals surface area contributed by atoms with E-state index in [1.54, 1.807) is 7.11 Å². The summed E-state index contributed by atoms with van der Waals surface area (Å²) in [6.45, 7) is 2.08. The molecule has 0 amide bonds. The second-order valence-electron chi connectivity index (χ2n) is 4.11. The Hall–Kier alpha value is -1.20. The van der Waals surface area contributed by atoms with Crippen LogP contribution in [0.1, 0.15) is 31.7 Å². The smallest absolute Gasteiger partial charge is 0.119 e. The largest absolute Gasteiger partial charge is 0.497 e. The molecule has 1 rings (SSSR count). The van der Waals surface area contributed by atoms with Crippen molar-refractivity contribution in [2.75, 3.05) is 13.0 Å². The highest BCUT2D eigenvalue weighted by molar-refractivity contribution is 6.17. The average molecular weight is 252 g/mol. The molecule has 0 radical (unpaired) electrons. The Morgan fingerprint density at radius 2 is 2.18 bits per heavy atom. The summed E-state index contributed by atoms with van der Waals surface area (Å²) in [6.07, 6.45) is 2.46. The Morgan fingerprint density at radius 1 is 1.41 bits per heavy atom. The van der Waals surface area contributed by atoms with Gasteiger partial charge in [0.1, 0.15) is 5.75 Å². The summed E-state index contributed by atoms with van der Waals surface area (Å²) in [5.74, 6) is 1.28. The Morgan fingerprint density at radius 3 is 2.71 bits per heavy atom. The third kappa shape index (κ3) is 3.14. The van der Waals surface area contributed by atoms with Crippen molar-refractivity contribution in [1.82, 2.24) is 0 Å². The average Bonchev–Trinajstić information content (AvgIpc) is 2.38. The van der Waals surface area contributed by atoms with E-state index >= 15 is 0 Å². The van der Waals surface area contributed by atoms with Gasteiger partial charge in [0.25, 0.3) is 0 Å². The first-order valence-corrected chi connectivity index (χ1v) is 6.37. The molecule has 0 fully saturated rings. The Kier molecular flexibility index (Phi) is 5.31. The van der Waals surface area contributed by atoms with Gasteiger partial charge in [0, 0.05) is 5.88 Å². The number of methoxy groups -OCH3 is 1. The van der Waals surface area contributed by atoms with Gasteiger partial charge < -0.3 is 4.74 Å². The lowest BCUT2D eigenvalue weighted by Crippen LogP contribution is -2.24. The molecule has 0 N–H and O–H groups in total. The molecule has 0 unspecified atom stereocenters. The van der Waals surface area contributed by atoms with Gasteiger partial charge in [-0.1, -0.05) is 25.5 Å². The van der Waals surface area contributed by atoms with E-state index in [0.717, 1.165) is 24.2 Å². The molecular weight excluding hydrogens is 234 g/mol. The van der Waals surface area contributed by atoms with E-state index in [1.165, 1.54) is 0 Å². The van der Waals surface area contributed by atoms with Gasteiger partial charge in [0.2, 0.25) is 0 Å². The predicted molar refractivity (Wildman–Crippen MR) is 70.5 cm³/mol. The number of benzene rings is 1. The summed E-state index contributed by atoms with van der Waals surface area (Å²) in [7, 11) is 1.63. The number of nitriles is 1. The van der Waals surface area contributed by atoms with E-state index in [-0.39, 0.29) is 0 Å². The van der Waals surface area contributed by atoms with Crippen LogP contribution < -0.4 is 4.74 Å². The molecule has 2 nitrogen and oxygen atoms in total. The molecule has 1 atom stereocenters. The van der Waals surface area contributed by atoms with Crippen LogP contribution in [-0.4, -0.2) is 13.0 Å². The topological polar surface area (TPSA) is 33.0 Å². The van der Waals surface area contributed by atoms with Gasteiger partial charge in [0.05, 0.1) is 18.6 Å². The van der Waals surface area contributed by atoms with Gasteiger partial charge in [-0.05, 0) is 30.5 Å². The van der Waals surface area contributed by atoms with Crippen LogP contribution in [0.25, 0.3) is 0 Å². The van der Waals surface area contributed by atoms with Crippen molar-refractivity contribution < 1.29 is 4.74 Å². The second-order valence-corrected chi connectivity index (χ2v) is 4.49. The standard InChI is InChI=1S/C14H18ClNO/c1-3-7-14(11-16,8-9-15)12-5-4-6-13(10-12)17-2/h4-6,10H,3,7-9H2,1-2H3/t14-/m0/s1. The highest BCUT2D eigenvalue weighted by atomic mass is 35.5. The fourth-order valence-electron chi connectivity index (χ4n) is 2.10. The van der Waals surface area contributed by atoms with Crippen LogP contribution in [0.5, 0.6) is 5.75 Å². The lowest BCUT2D eigenvalue weighted by molar-refractivity contribution is 0.410. The van der Waals surface area contributed by atoms with Crippen molar-refractivity contribution in [3.63, 3.8) is 0 Å². The summed E-state index contributed by atoms with van der Waals surface area (Å²) < 4.78 is 5.21. The van der Waals surface area contributed by atoms with Crippen LogP contribution in [0.15, 0.2) is 24.3 Å². The third-order valence-corrected chi connectivity index (χ3v) is 3.22. The van der Waals surface area contributed by atoms with Crippen molar-refractivity contribution >= 4 is 11.6 Å². The molecule has 0 saturated carbocycles. The maximum Gasteiger partial charge on any atom is 0.119 e. The van der Waals surface area contributed by atoms with E-state index in [2.05, 4.69) is 13.0 Å². The number of halogens is 1. The highest BCUT2D eigenvalue weighted by Gasteiger charge is 2.31. The molecule has 1 aromatic carbocycles. The zero-order chi connectivity index (χ0) is 12.7. The molecule has 0 aliphatic carbocycles. The predicted octanol–water partition coefficient (Wildman–Crippen LogP) is 3.89. The molecule has 0 aliphatic heterocycles. The number of nitrogens with zero attached hydrogens (tertiary/aromatic N) is 1. The van der Waals surface area contributed by atoms with Gasteiger partial charge in [0.15, 0.2) is 0 Å². The molecule has 0 aliphatic rings. The van der Waals surface area contributed by atoms with Crippen LogP contribution in [-0.2, 0) is 5.41 Å².